The van der Waals surface area contributed by atoms with Crippen molar-refractivity contribution in [3.05, 3.63) is 63.9 Å². The lowest BCUT2D eigenvalue weighted by Gasteiger charge is -2.12. The molecule has 0 amide bonds. The number of anilines is 2. The second kappa shape index (κ2) is 7.30. The molecule has 0 saturated carbocycles. The van der Waals surface area contributed by atoms with Gasteiger partial charge in [-0.2, -0.15) is 8.42 Å². The average molecular weight is 427 g/mol. The number of aromatic nitrogens is 2. The van der Waals surface area contributed by atoms with E-state index in [9.17, 15) is 12.8 Å². The number of pyridine rings is 2. The van der Waals surface area contributed by atoms with Gasteiger partial charge in [0.25, 0.3) is 10.0 Å². The number of nitrogens with one attached hydrogen (secondary N) is 1. The maximum absolute atomic E-state index is 14.3. The third kappa shape index (κ3) is 3.97. The Morgan fingerprint density at radius 3 is 2.52 bits per heavy atom. The molecule has 3 aromatic rings. The summed E-state index contributed by atoms with van der Waals surface area (Å²) in [6.45, 7) is 1.71. The molecule has 0 bridgehead atoms. The summed E-state index contributed by atoms with van der Waals surface area (Å²) in [5.74, 6) is -0.649. The van der Waals surface area contributed by atoms with Gasteiger partial charge in [0.15, 0.2) is 5.03 Å². The van der Waals surface area contributed by atoms with Crippen LogP contribution in [0.5, 0.6) is 0 Å². The van der Waals surface area contributed by atoms with E-state index in [0.717, 1.165) is 0 Å². The maximum atomic E-state index is 14.3. The number of aryl methyl sites for hydroxylation is 1. The van der Waals surface area contributed by atoms with Crippen LogP contribution < -0.4 is 10.5 Å². The summed E-state index contributed by atoms with van der Waals surface area (Å²) >= 11 is 12.3. The number of nitrogen functional groups attached to an aromatic ring is 1. The Bertz CT molecular complexity index is 1140. The molecule has 0 fully saturated rings. The number of benzene rings is 1. The molecule has 140 valence electrons. The summed E-state index contributed by atoms with van der Waals surface area (Å²) < 4.78 is 41.5. The van der Waals surface area contributed by atoms with Crippen LogP contribution >= 0.6 is 23.2 Å². The molecular weight excluding hydrogens is 414 g/mol. The SMILES string of the molecule is Cc1ccc(F)c(-c2nc(NS(=O)(=O)c3cccc(N)n3)ccc2Cl)c1Cl. The van der Waals surface area contributed by atoms with Crippen LogP contribution in [0.2, 0.25) is 10.0 Å². The highest BCUT2D eigenvalue weighted by Gasteiger charge is 2.20. The standard InChI is InChI=1S/C17H13Cl2FN4O2S/c1-9-5-7-11(20)15(16(9)19)17-10(18)6-8-13(23-17)24-27(25,26)14-4-2-3-12(21)22-14/h2-8H,1H3,(H2,21,22)(H,23,24). The van der Waals surface area contributed by atoms with Crippen LogP contribution in [0, 0.1) is 12.7 Å². The van der Waals surface area contributed by atoms with E-state index in [-0.39, 0.29) is 38.0 Å². The summed E-state index contributed by atoms with van der Waals surface area (Å²) in [6.07, 6.45) is 0. The minimum Gasteiger partial charge on any atom is -0.384 e. The van der Waals surface area contributed by atoms with Crippen LogP contribution in [-0.4, -0.2) is 18.4 Å². The first-order valence-electron chi connectivity index (χ1n) is 7.56. The molecule has 6 nitrogen and oxygen atoms in total. The Morgan fingerprint density at radius 1 is 1.07 bits per heavy atom. The second-order valence-electron chi connectivity index (χ2n) is 5.59. The van der Waals surface area contributed by atoms with Crippen molar-refractivity contribution in [2.24, 2.45) is 0 Å². The number of sulfonamides is 1. The Balaban J connectivity index is 2.06. The van der Waals surface area contributed by atoms with E-state index in [1.54, 1.807) is 6.92 Å². The molecule has 0 aliphatic carbocycles. The zero-order valence-corrected chi connectivity index (χ0v) is 16.2. The number of nitrogens with zero attached hydrogens (tertiary/aromatic N) is 2. The predicted molar refractivity (Wildman–Crippen MR) is 104 cm³/mol. The van der Waals surface area contributed by atoms with Gasteiger partial charge in [0, 0.05) is 0 Å². The molecule has 0 unspecified atom stereocenters. The molecule has 3 rings (SSSR count). The quantitative estimate of drug-likeness (QED) is 0.648. The molecule has 10 heteroatoms. The van der Waals surface area contributed by atoms with Gasteiger partial charge in [-0.05, 0) is 42.8 Å². The fourth-order valence-corrected chi connectivity index (χ4v) is 3.74. The third-order valence-corrected chi connectivity index (χ3v) is 5.67. The summed E-state index contributed by atoms with van der Waals surface area (Å²) in [7, 11) is -4.05. The molecule has 2 aromatic heterocycles. The van der Waals surface area contributed by atoms with Crippen molar-refractivity contribution in [2.75, 3.05) is 10.5 Å². The van der Waals surface area contributed by atoms with Gasteiger partial charge in [-0.15, -0.1) is 0 Å². The van der Waals surface area contributed by atoms with Crippen molar-refractivity contribution >= 4 is 44.9 Å². The van der Waals surface area contributed by atoms with Gasteiger partial charge < -0.3 is 5.73 Å². The smallest absolute Gasteiger partial charge is 0.280 e. The first kappa shape index (κ1) is 19.3. The van der Waals surface area contributed by atoms with E-state index in [4.69, 9.17) is 28.9 Å². The van der Waals surface area contributed by atoms with Crippen LogP contribution in [0.4, 0.5) is 16.0 Å². The van der Waals surface area contributed by atoms with Gasteiger partial charge in [-0.3, -0.25) is 4.72 Å². The van der Waals surface area contributed by atoms with Gasteiger partial charge in [0.2, 0.25) is 0 Å². The van der Waals surface area contributed by atoms with Gasteiger partial charge in [0.05, 0.1) is 21.3 Å². The Labute approximate surface area is 165 Å². The van der Waals surface area contributed by atoms with Crippen LogP contribution in [0.15, 0.2) is 47.5 Å². The molecule has 3 N–H and O–H groups in total. The highest BCUT2D eigenvalue weighted by atomic mass is 35.5. The molecule has 0 saturated heterocycles. The largest absolute Gasteiger partial charge is 0.384 e. The number of hydrogen-bond acceptors (Lipinski definition) is 5. The monoisotopic (exact) mass is 426 g/mol. The zero-order valence-electron chi connectivity index (χ0n) is 13.9. The predicted octanol–water partition coefficient (Wildman–Crippen LogP) is 4.28. The van der Waals surface area contributed by atoms with Crippen molar-refractivity contribution < 1.29 is 12.8 Å². The molecule has 1 aromatic carbocycles. The molecule has 0 radical (unpaired) electrons. The van der Waals surface area contributed by atoms with Crippen molar-refractivity contribution in [3.8, 4) is 11.3 Å². The maximum Gasteiger partial charge on any atom is 0.280 e. The minimum atomic E-state index is -4.05. The number of rotatable bonds is 4. The van der Waals surface area contributed by atoms with E-state index in [2.05, 4.69) is 14.7 Å². The Morgan fingerprint density at radius 2 is 1.81 bits per heavy atom. The van der Waals surface area contributed by atoms with E-state index in [1.807, 2.05) is 0 Å². The van der Waals surface area contributed by atoms with Gasteiger partial charge in [0.1, 0.15) is 17.5 Å². The molecule has 0 spiro atoms. The van der Waals surface area contributed by atoms with E-state index in [1.165, 1.54) is 42.5 Å². The molecular formula is C17H13Cl2FN4O2S. The first-order valence-corrected chi connectivity index (χ1v) is 9.80. The van der Waals surface area contributed by atoms with Crippen LogP contribution in [0.3, 0.4) is 0 Å². The van der Waals surface area contributed by atoms with Gasteiger partial charge in [-0.1, -0.05) is 35.3 Å². The Kier molecular flexibility index (Phi) is 5.23. The summed E-state index contributed by atoms with van der Waals surface area (Å²) in [5.41, 5.74) is 6.16. The summed E-state index contributed by atoms with van der Waals surface area (Å²) in [5, 5.41) is -0.0195. The lowest BCUT2D eigenvalue weighted by atomic mass is 10.1. The van der Waals surface area contributed by atoms with Crippen LogP contribution in [-0.2, 0) is 10.0 Å². The normalized spacial score (nSPS) is 11.4. The fourth-order valence-electron chi connectivity index (χ4n) is 2.32. The average Bonchev–Trinajstić information content (AvgIpc) is 2.61. The number of halogens is 3. The number of hydrogen-bond donors (Lipinski definition) is 2. The fraction of sp³-hybridized carbons (Fsp3) is 0.0588. The molecule has 0 aliphatic heterocycles. The highest BCUT2D eigenvalue weighted by Crippen LogP contribution is 2.36. The summed E-state index contributed by atoms with van der Waals surface area (Å²) in [6, 6.07) is 9.70. The Hall–Kier alpha value is -2.42. The second-order valence-corrected chi connectivity index (χ2v) is 8.00. The minimum absolute atomic E-state index is 0.00945. The molecule has 27 heavy (non-hydrogen) atoms. The topological polar surface area (TPSA) is 98.0 Å². The van der Waals surface area contributed by atoms with Crippen LogP contribution in [0.1, 0.15) is 5.56 Å². The van der Waals surface area contributed by atoms with E-state index in [0.29, 0.717) is 5.56 Å². The van der Waals surface area contributed by atoms with Crippen molar-refractivity contribution in [3.63, 3.8) is 0 Å². The molecule has 2 heterocycles. The van der Waals surface area contributed by atoms with Crippen molar-refractivity contribution in [2.45, 2.75) is 11.9 Å². The highest BCUT2D eigenvalue weighted by molar-refractivity contribution is 7.92. The van der Waals surface area contributed by atoms with Gasteiger partial charge >= 0.3 is 0 Å². The van der Waals surface area contributed by atoms with Crippen molar-refractivity contribution in [1.82, 2.24) is 9.97 Å². The van der Waals surface area contributed by atoms with E-state index < -0.39 is 15.8 Å². The summed E-state index contributed by atoms with van der Waals surface area (Å²) in [4.78, 5) is 7.90. The molecule has 0 atom stereocenters. The van der Waals surface area contributed by atoms with Crippen molar-refractivity contribution in [1.29, 1.82) is 0 Å². The van der Waals surface area contributed by atoms with Crippen LogP contribution in [0.25, 0.3) is 11.3 Å². The number of nitrogens with two attached hydrogens (primary N) is 1. The van der Waals surface area contributed by atoms with Gasteiger partial charge in [-0.25, -0.2) is 14.4 Å². The first-order chi connectivity index (χ1) is 12.7. The zero-order chi connectivity index (χ0) is 19.8. The van der Waals surface area contributed by atoms with E-state index >= 15 is 0 Å². The molecule has 0 aliphatic rings. The lowest BCUT2D eigenvalue weighted by Crippen LogP contribution is -2.16. The lowest BCUT2D eigenvalue weighted by molar-refractivity contribution is 0.597. The third-order valence-electron chi connectivity index (χ3n) is 3.63.